The number of nitrogens with one attached hydrogen (secondary N) is 3. The highest BCUT2D eigenvalue weighted by molar-refractivity contribution is 7.91. The number of halogens is 1. The van der Waals surface area contributed by atoms with Gasteiger partial charge in [0.1, 0.15) is 29.5 Å². The molecule has 6 rings (SSSR count). The van der Waals surface area contributed by atoms with Crippen molar-refractivity contribution in [1.29, 1.82) is 0 Å². The molecule has 2 aliphatic heterocycles. The zero-order chi connectivity index (χ0) is 38.5. The van der Waals surface area contributed by atoms with E-state index in [1.54, 1.807) is 36.4 Å². The first-order chi connectivity index (χ1) is 25.0. The molecule has 0 radical (unpaired) electrons. The van der Waals surface area contributed by atoms with Gasteiger partial charge in [-0.15, -0.1) is 0 Å². The lowest BCUT2D eigenvalue weighted by molar-refractivity contribution is -0.141. The zero-order valence-corrected chi connectivity index (χ0v) is 31.3. The van der Waals surface area contributed by atoms with Gasteiger partial charge in [0.2, 0.25) is 21.8 Å². The van der Waals surface area contributed by atoms with Gasteiger partial charge in [0.25, 0.3) is 5.91 Å². The Morgan fingerprint density at radius 3 is 2.32 bits per heavy atom. The summed E-state index contributed by atoms with van der Waals surface area (Å²) in [6.07, 6.45) is -0.140. The first-order valence-electron chi connectivity index (χ1n) is 17.8. The Balaban J connectivity index is 1.24. The summed E-state index contributed by atoms with van der Waals surface area (Å²) in [6.45, 7) is 7.35. The molecule has 2 heterocycles. The van der Waals surface area contributed by atoms with E-state index in [2.05, 4.69) is 15.4 Å². The maximum absolute atomic E-state index is 14.6. The van der Waals surface area contributed by atoms with E-state index >= 15 is 0 Å². The number of nitrogens with zero attached hydrogens (tertiary/aromatic N) is 2. The molecule has 3 fully saturated rings. The molecule has 2 saturated carbocycles. The highest BCUT2D eigenvalue weighted by atomic mass is 32.2. The van der Waals surface area contributed by atoms with E-state index in [4.69, 9.17) is 9.47 Å². The van der Waals surface area contributed by atoms with Gasteiger partial charge in [-0.1, -0.05) is 46.2 Å². The molecule has 0 bridgehead atoms. The predicted molar refractivity (Wildman–Crippen MR) is 190 cm³/mol. The summed E-state index contributed by atoms with van der Waals surface area (Å²) < 4.78 is 52.6. The highest BCUT2D eigenvalue weighted by Crippen LogP contribution is 2.47. The van der Waals surface area contributed by atoms with Crippen molar-refractivity contribution in [2.45, 2.75) is 102 Å². The van der Waals surface area contributed by atoms with Crippen LogP contribution in [-0.4, -0.2) is 90.6 Å². The van der Waals surface area contributed by atoms with Crippen LogP contribution in [0, 0.1) is 17.2 Å². The van der Waals surface area contributed by atoms with Crippen molar-refractivity contribution < 1.29 is 46.3 Å². The second kappa shape index (κ2) is 14.3. The van der Waals surface area contributed by atoms with Gasteiger partial charge in [0.05, 0.1) is 31.0 Å². The monoisotopic (exact) mass is 755 g/mol. The molecular weight excluding hydrogens is 709 g/mol. The molecule has 1 saturated heterocycles. The number of carbonyl (C=O) groups excluding carboxylic acids is 5. The lowest BCUT2D eigenvalue weighted by Crippen LogP contribution is -2.58. The summed E-state index contributed by atoms with van der Waals surface area (Å²) in [4.78, 5) is 70.3. The summed E-state index contributed by atoms with van der Waals surface area (Å²) in [5.74, 6) is -3.25. The van der Waals surface area contributed by atoms with Crippen LogP contribution in [0.3, 0.4) is 0 Å². The number of sulfonamides is 1. The lowest BCUT2D eigenvalue weighted by atomic mass is 9.85. The van der Waals surface area contributed by atoms with Gasteiger partial charge in [-0.05, 0) is 66.5 Å². The topological polar surface area (TPSA) is 181 Å². The number of likely N-dealkylation sites (tertiary alicyclic amines) is 1. The molecule has 4 aliphatic rings. The lowest BCUT2D eigenvalue weighted by Gasteiger charge is -2.36. The fourth-order valence-electron chi connectivity index (χ4n) is 7.20. The van der Waals surface area contributed by atoms with Crippen molar-refractivity contribution in [2.24, 2.45) is 11.3 Å². The largest absolute Gasteiger partial charge is 0.465 e. The van der Waals surface area contributed by atoms with Gasteiger partial charge < -0.3 is 25.0 Å². The number of amides is 4. The normalized spacial score (nSPS) is 24.2. The van der Waals surface area contributed by atoms with Crippen molar-refractivity contribution in [3.05, 3.63) is 65.0 Å². The molecule has 0 spiro atoms. The summed E-state index contributed by atoms with van der Waals surface area (Å²) in [6, 6.07) is 8.87. The van der Waals surface area contributed by atoms with Crippen LogP contribution in [-0.2, 0) is 47.0 Å². The average molecular weight is 756 g/mol. The molecule has 2 aliphatic carbocycles. The minimum absolute atomic E-state index is 0.00467. The van der Waals surface area contributed by atoms with Crippen LogP contribution in [0.15, 0.2) is 42.5 Å². The second-order valence-electron chi connectivity index (χ2n) is 15.4. The molecule has 16 heteroatoms. The van der Waals surface area contributed by atoms with E-state index in [9.17, 15) is 36.8 Å². The van der Waals surface area contributed by atoms with Crippen molar-refractivity contribution >= 4 is 45.5 Å². The predicted octanol–water partition coefficient (Wildman–Crippen LogP) is 3.45. The number of esters is 1. The molecule has 53 heavy (non-hydrogen) atoms. The van der Waals surface area contributed by atoms with Crippen LogP contribution in [0.1, 0.15) is 81.3 Å². The molecular formula is C37H46FN5O9S. The van der Waals surface area contributed by atoms with Gasteiger partial charge >= 0.3 is 12.1 Å². The van der Waals surface area contributed by atoms with Gasteiger partial charge in [-0.25, -0.2) is 22.4 Å². The first kappa shape index (κ1) is 38.0. The number of anilines is 1. The van der Waals surface area contributed by atoms with Crippen molar-refractivity contribution in [2.75, 3.05) is 19.0 Å². The number of hydrogen-bond acceptors (Lipinski definition) is 10. The Hall–Kier alpha value is -4.73. The third-order valence-corrected chi connectivity index (χ3v) is 12.4. The average Bonchev–Trinajstić information content (AvgIpc) is 4.00. The van der Waals surface area contributed by atoms with Crippen molar-refractivity contribution in [3.8, 4) is 0 Å². The summed E-state index contributed by atoms with van der Waals surface area (Å²) in [5, 5.41) is 5.40. The molecule has 286 valence electrons. The number of methoxy groups -OCH3 is 1. The van der Waals surface area contributed by atoms with Crippen LogP contribution in [0.25, 0.3) is 0 Å². The third kappa shape index (κ3) is 7.82. The Labute approximate surface area is 308 Å². The number of benzene rings is 2. The zero-order valence-electron chi connectivity index (χ0n) is 30.4. The Bertz CT molecular complexity index is 1910. The number of carbonyl (C=O) groups is 5. The Kier molecular flexibility index (Phi) is 10.2. The second-order valence-corrected chi connectivity index (χ2v) is 17.4. The SMILES string of the molecule is CCC1CC1(NC(=O)C1CC(OC(=O)N2Cc3cccc(F)c3C2)CN1C(=O)C(Nc1ccc(C(=O)OC)cc1)C(C)(C)C)C(=O)NS(=O)(=O)C1CC1. The number of hydrogen-bond donors (Lipinski definition) is 3. The molecule has 3 N–H and O–H groups in total. The van der Waals surface area contributed by atoms with Crippen LogP contribution in [0.2, 0.25) is 0 Å². The minimum Gasteiger partial charge on any atom is -0.465 e. The van der Waals surface area contributed by atoms with Crippen LogP contribution in [0.4, 0.5) is 14.9 Å². The minimum atomic E-state index is -3.89. The van der Waals surface area contributed by atoms with Crippen molar-refractivity contribution in [1.82, 2.24) is 19.8 Å². The summed E-state index contributed by atoms with van der Waals surface area (Å²) >= 11 is 0. The van der Waals surface area contributed by atoms with Gasteiger partial charge in [-0.3, -0.25) is 24.0 Å². The Morgan fingerprint density at radius 2 is 1.74 bits per heavy atom. The van der Waals surface area contributed by atoms with Gasteiger partial charge in [0.15, 0.2) is 0 Å². The van der Waals surface area contributed by atoms with E-state index < -0.39 is 80.0 Å². The van der Waals surface area contributed by atoms with Crippen LogP contribution >= 0.6 is 0 Å². The van der Waals surface area contributed by atoms with Crippen LogP contribution in [0.5, 0.6) is 0 Å². The van der Waals surface area contributed by atoms with E-state index in [-0.39, 0.29) is 38.4 Å². The van der Waals surface area contributed by atoms with Gasteiger partial charge in [-0.2, -0.15) is 0 Å². The molecule has 4 amide bonds. The van der Waals surface area contributed by atoms with Gasteiger partial charge in [0, 0.05) is 24.2 Å². The first-order valence-corrected chi connectivity index (χ1v) is 19.4. The molecule has 0 aromatic heterocycles. The third-order valence-electron chi connectivity index (χ3n) is 10.6. The smallest absolute Gasteiger partial charge is 0.410 e. The van der Waals surface area contributed by atoms with E-state index in [1.807, 2.05) is 27.7 Å². The van der Waals surface area contributed by atoms with E-state index in [1.165, 1.54) is 23.0 Å². The molecule has 5 atom stereocenters. The molecule has 2 aromatic carbocycles. The number of ether oxygens (including phenoxy) is 2. The molecule has 14 nitrogen and oxygen atoms in total. The fourth-order valence-corrected chi connectivity index (χ4v) is 8.56. The van der Waals surface area contributed by atoms with Crippen molar-refractivity contribution in [3.63, 3.8) is 0 Å². The molecule has 5 unspecified atom stereocenters. The summed E-state index contributed by atoms with van der Waals surface area (Å²) in [5.41, 5.74) is -0.317. The highest BCUT2D eigenvalue weighted by Gasteiger charge is 2.62. The quantitative estimate of drug-likeness (QED) is 0.288. The summed E-state index contributed by atoms with van der Waals surface area (Å²) in [7, 11) is -2.62. The van der Waals surface area contributed by atoms with E-state index in [0.717, 1.165) is 0 Å². The standard InChI is InChI=1S/C37H46FN5O9S/c1-6-23-17-37(23,34(47)41-53(49,50)26-14-15-26)40-31(44)29-16-25(52-35(48)42-18-22-8-7-9-28(38)27(22)20-42)19-43(29)32(45)30(36(2,3)4)39-24-12-10-21(11-13-24)33(46)51-5/h7-13,23,25-26,29-30,39H,6,14-20H2,1-5H3,(H,40,44)(H,41,47). The number of rotatable bonds is 11. The maximum atomic E-state index is 14.6. The van der Waals surface area contributed by atoms with E-state index in [0.29, 0.717) is 41.6 Å². The Morgan fingerprint density at radius 1 is 1.04 bits per heavy atom. The molecule has 2 aromatic rings. The van der Waals surface area contributed by atoms with Crippen LogP contribution < -0.4 is 15.4 Å². The maximum Gasteiger partial charge on any atom is 0.410 e. The number of fused-ring (bicyclic) bond motifs is 1. The fraction of sp³-hybridized carbons (Fsp3) is 0.541.